The zero-order valence-electron chi connectivity index (χ0n) is 7.22. The van der Waals surface area contributed by atoms with Crippen LogP contribution in [-0.4, -0.2) is 6.04 Å². The Kier molecular flexibility index (Phi) is 2.96. The zero-order valence-corrected chi connectivity index (χ0v) is 7.22. The Labute approximate surface area is 69.4 Å². The minimum absolute atomic E-state index is 0.00606. The fourth-order valence-electron chi connectivity index (χ4n) is 1.95. The molecule has 1 aliphatic carbocycles. The highest BCUT2D eigenvalue weighted by atomic mass is 14.6. The van der Waals surface area contributed by atoms with Crippen LogP contribution >= 0.6 is 0 Å². The van der Waals surface area contributed by atoms with Crippen LogP contribution in [0.4, 0.5) is 0 Å². The summed E-state index contributed by atoms with van der Waals surface area (Å²) in [6, 6.07) is 0.00606. The summed E-state index contributed by atoms with van der Waals surface area (Å²) in [5.41, 5.74) is 5.76. The first kappa shape index (κ1) is 8.62. The molecule has 11 heavy (non-hydrogen) atoms. The molecule has 0 aromatic rings. The quantitative estimate of drug-likeness (QED) is 0.598. The summed E-state index contributed by atoms with van der Waals surface area (Å²) in [5, 5.41) is 0. The van der Waals surface area contributed by atoms with Gasteiger partial charge in [-0.15, -0.1) is 6.42 Å². The third-order valence-electron chi connectivity index (χ3n) is 2.86. The molecule has 0 aromatic carbocycles. The minimum Gasteiger partial charge on any atom is -0.317 e. The van der Waals surface area contributed by atoms with Crippen LogP contribution in [0.1, 0.15) is 32.6 Å². The van der Waals surface area contributed by atoms with Gasteiger partial charge in [0.25, 0.3) is 0 Å². The van der Waals surface area contributed by atoms with E-state index >= 15 is 0 Å². The number of hydrogen-bond donors (Lipinski definition) is 1. The van der Waals surface area contributed by atoms with Crippen LogP contribution in [0.15, 0.2) is 0 Å². The van der Waals surface area contributed by atoms with E-state index in [1.807, 2.05) is 0 Å². The van der Waals surface area contributed by atoms with Crippen LogP contribution in [0.2, 0.25) is 0 Å². The molecule has 0 aromatic heterocycles. The van der Waals surface area contributed by atoms with Crippen LogP contribution in [0, 0.1) is 24.2 Å². The molecule has 3 atom stereocenters. The monoisotopic (exact) mass is 151 g/mol. The van der Waals surface area contributed by atoms with Gasteiger partial charge < -0.3 is 5.73 Å². The normalized spacial score (nSPS) is 33.2. The lowest BCUT2D eigenvalue weighted by Gasteiger charge is -2.12. The maximum atomic E-state index is 5.76. The van der Waals surface area contributed by atoms with Crippen LogP contribution < -0.4 is 5.73 Å². The van der Waals surface area contributed by atoms with Crippen molar-refractivity contribution in [2.24, 2.45) is 17.6 Å². The van der Waals surface area contributed by atoms with Crippen molar-refractivity contribution < 1.29 is 0 Å². The van der Waals surface area contributed by atoms with Gasteiger partial charge in [0, 0.05) is 0 Å². The average Bonchev–Trinajstić information content (AvgIpc) is 2.50. The van der Waals surface area contributed by atoms with Crippen molar-refractivity contribution in [1.29, 1.82) is 0 Å². The van der Waals surface area contributed by atoms with Gasteiger partial charge in [-0.1, -0.05) is 25.7 Å². The molecule has 0 aliphatic heterocycles. The second kappa shape index (κ2) is 3.78. The maximum Gasteiger partial charge on any atom is 0.0690 e. The summed E-state index contributed by atoms with van der Waals surface area (Å²) in [6.45, 7) is 2.24. The van der Waals surface area contributed by atoms with E-state index in [1.165, 1.54) is 25.7 Å². The Morgan fingerprint density at radius 2 is 2.36 bits per heavy atom. The summed E-state index contributed by atoms with van der Waals surface area (Å²) in [6.07, 6.45) is 10.4. The highest BCUT2D eigenvalue weighted by molar-refractivity contribution is 5.01. The molecule has 0 spiro atoms. The molecule has 1 fully saturated rings. The zero-order chi connectivity index (χ0) is 8.27. The van der Waals surface area contributed by atoms with Crippen molar-refractivity contribution in [1.82, 2.24) is 0 Å². The molecule has 0 radical (unpaired) electrons. The van der Waals surface area contributed by atoms with E-state index in [9.17, 15) is 0 Å². The first-order valence-corrected chi connectivity index (χ1v) is 4.49. The van der Waals surface area contributed by atoms with Crippen molar-refractivity contribution in [3.63, 3.8) is 0 Å². The van der Waals surface area contributed by atoms with E-state index in [0.717, 1.165) is 5.92 Å². The standard InChI is InChI=1S/C10H17N/c1-3-8-5-6-9(7-8)10(11)4-2/h2,8-10H,3,5-7,11H2,1H3. The number of hydrogen-bond acceptors (Lipinski definition) is 1. The van der Waals surface area contributed by atoms with Gasteiger partial charge >= 0.3 is 0 Å². The fraction of sp³-hybridized carbons (Fsp3) is 0.800. The van der Waals surface area contributed by atoms with Gasteiger partial charge in [0.2, 0.25) is 0 Å². The van der Waals surface area contributed by atoms with E-state index in [-0.39, 0.29) is 6.04 Å². The highest BCUT2D eigenvalue weighted by Crippen LogP contribution is 2.33. The van der Waals surface area contributed by atoms with Gasteiger partial charge in [-0.05, 0) is 24.7 Å². The summed E-state index contributed by atoms with van der Waals surface area (Å²) < 4.78 is 0. The number of nitrogens with two attached hydrogens (primary N) is 1. The van der Waals surface area contributed by atoms with E-state index in [4.69, 9.17) is 12.2 Å². The lowest BCUT2D eigenvalue weighted by molar-refractivity contribution is 0.455. The molecular formula is C10H17N. The number of terminal acetylenes is 1. The molecule has 0 amide bonds. The smallest absolute Gasteiger partial charge is 0.0690 e. The molecule has 3 unspecified atom stereocenters. The first-order valence-electron chi connectivity index (χ1n) is 4.49. The Morgan fingerprint density at radius 1 is 1.64 bits per heavy atom. The van der Waals surface area contributed by atoms with Crippen molar-refractivity contribution in [3.05, 3.63) is 0 Å². The highest BCUT2D eigenvalue weighted by Gasteiger charge is 2.26. The predicted molar refractivity (Wildman–Crippen MR) is 47.9 cm³/mol. The summed E-state index contributed by atoms with van der Waals surface area (Å²) >= 11 is 0. The van der Waals surface area contributed by atoms with Crippen molar-refractivity contribution in [2.75, 3.05) is 0 Å². The molecule has 2 N–H and O–H groups in total. The first-order chi connectivity index (χ1) is 5.27. The predicted octanol–water partition coefficient (Wildman–Crippen LogP) is 1.77. The third-order valence-corrected chi connectivity index (χ3v) is 2.86. The van der Waals surface area contributed by atoms with E-state index in [2.05, 4.69) is 12.8 Å². The molecular weight excluding hydrogens is 134 g/mol. The van der Waals surface area contributed by atoms with Gasteiger partial charge in [0.15, 0.2) is 0 Å². The summed E-state index contributed by atoms with van der Waals surface area (Å²) in [7, 11) is 0. The van der Waals surface area contributed by atoms with Gasteiger partial charge in [0.05, 0.1) is 6.04 Å². The molecule has 62 valence electrons. The lowest BCUT2D eigenvalue weighted by atomic mass is 9.97. The summed E-state index contributed by atoms with van der Waals surface area (Å²) in [5.74, 6) is 4.12. The van der Waals surface area contributed by atoms with Crippen molar-refractivity contribution in [2.45, 2.75) is 38.6 Å². The van der Waals surface area contributed by atoms with Crippen molar-refractivity contribution >= 4 is 0 Å². The van der Waals surface area contributed by atoms with Crippen molar-refractivity contribution in [3.8, 4) is 12.3 Å². The van der Waals surface area contributed by atoms with Gasteiger partial charge in [0.1, 0.15) is 0 Å². The van der Waals surface area contributed by atoms with Crippen LogP contribution in [0.5, 0.6) is 0 Å². The second-order valence-corrected chi connectivity index (χ2v) is 3.54. The topological polar surface area (TPSA) is 26.0 Å². The Morgan fingerprint density at radius 3 is 2.82 bits per heavy atom. The maximum absolute atomic E-state index is 5.76. The molecule has 0 bridgehead atoms. The molecule has 0 saturated heterocycles. The number of rotatable bonds is 2. The average molecular weight is 151 g/mol. The van der Waals surface area contributed by atoms with E-state index in [0.29, 0.717) is 5.92 Å². The summed E-state index contributed by atoms with van der Waals surface area (Å²) in [4.78, 5) is 0. The van der Waals surface area contributed by atoms with E-state index in [1.54, 1.807) is 0 Å². The van der Waals surface area contributed by atoms with Gasteiger partial charge in [-0.25, -0.2) is 0 Å². The fourth-order valence-corrected chi connectivity index (χ4v) is 1.95. The second-order valence-electron chi connectivity index (χ2n) is 3.54. The van der Waals surface area contributed by atoms with Crippen LogP contribution in [0.25, 0.3) is 0 Å². The van der Waals surface area contributed by atoms with E-state index < -0.39 is 0 Å². The third kappa shape index (κ3) is 1.97. The minimum atomic E-state index is 0.00606. The molecule has 1 nitrogen and oxygen atoms in total. The Balaban J connectivity index is 2.36. The van der Waals surface area contributed by atoms with Gasteiger partial charge in [-0.3, -0.25) is 0 Å². The molecule has 1 heteroatoms. The molecule has 1 saturated carbocycles. The molecule has 1 aliphatic rings. The van der Waals surface area contributed by atoms with Crippen LogP contribution in [-0.2, 0) is 0 Å². The largest absolute Gasteiger partial charge is 0.317 e. The Hall–Kier alpha value is -0.480. The van der Waals surface area contributed by atoms with Crippen LogP contribution in [0.3, 0.4) is 0 Å². The SMILES string of the molecule is C#CC(N)C1CCC(CC)C1. The molecule has 1 rings (SSSR count). The van der Waals surface area contributed by atoms with Gasteiger partial charge in [-0.2, -0.15) is 0 Å². The molecule has 0 heterocycles. The Bertz CT molecular complexity index is 157. The lowest BCUT2D eigenvalue weighted by Crippen LogP contribution is -2.26.